The zero-order valence-electron chi connectivity index (χ0n) is 19.3. The summed E-state index contributed by atoms with van der Waals surface area (Å²) in [7, 11) is 5.95. The molecule has 1 aliphatic carbocycles. The molecule has 0 saturated heterocycles. The molecule has 0 aliphatic heterocycles. The molecule has 6 nitrogen and oxygen atoms in total. The molecule has 4 rings (SSSR count). The molecule has 1 N–H and O–H groups in total. The number of rotatable bonds is 6. The van der Waals surface area contributed by atoms with E-state index >= 15 is 0 Å². The fourth-order valence-corrected chi connectivity index (χ4v) is 5.96. The van der Waals surface area contributed by atoms with Gasteiger partial charge in [0.05, 0.1) is 17.7 Å². The van der Waals surface area contributed by atoms with Gasteiger partial charge in [-0.05, 0) is 63.2 Å². The largest absolute Gasteiger partial charge is 0.496 e. The third kappa shape index (κ3) is 4.02. The molecule has 3 aromatic carbocycles. The summed E-state index contributed by atoms with van der Waals surface area (Å²) in [5, 5.41) is 1.62. The van der Waals surface area contributed by atoms with Crippen molar-refractivity contribution >= 4 is 32.2 Å². The number of hydrogen-bond donors (Lipinski definition) is 1. The fourth-order valence-electron chi connectivity index (χ4n) is 4.65. The number of methoxy groups -OCH3 is 1. The van der Waals surface area contributed by atoms with E-state index in [4.69, 9.17) is 4.74 Å². The molecule has 1 atom stereocenters. The van der Waals surface area contributed by atoms with Crippen LogP contribution in [0.25, 0.3) is 10.8 Å². The van der Waals surface area contributed by atoms with E-state index in [-0.39, 0.29) is 4.90 Å². The molecule has 0 radical (unpaired) electrons. The van der Waals surface area contributed by atoms with Gasteiger partial charge in [0.25, 0.3) is 10.0 Å². The van der Waals surface area contributed by atoms with E-state index in [9.17, 15) is 8.42 Å². The Morgan fingerprint density at radius 1 is 0.938 bits per heavy atom. The summed E-state index contributed by atoms with van der Waals surface area (Å²) in [6.45, 7) is 0. The molecule has 0 fully saturated rings. The number of fused-ring (bicyclic) bond motifs is 2. The summed E-state index contributed by atoms with van der Waals surface area (Å²) in [5.41, 5.74) is 3.74. The van der Waals surface area contributed by atoms with Crippen molar-refractivity contribution in [1.29, 1.82) is 0 Å². The molecule has 3 aromatic rings. The molecule has 7 heteroatoms. The molecule has 0 heterocycles. The molecule has 0 spiro atoms. The molecular formula is C25H31N3O3S. The van der Waals surface area contributed by atoms with E-state index in [1.165, 1.54) is 0 Å². The first-order valence-corrected chi connectivity index (χ1v) is 12.3. The Bertz CT molecular complexity index is 1250. The van der Waals surface area contributed by atoms with Crippen LogP contribution in [-0.2, 0) is 22.9 Å². The molecule has 1 aliphatic rings. The average molecular weight is 454 g/mol. The van der Waals surface area contributed by atoms with Gasteiger partial charge < -0.3 is 14.5 Å². The van der Waals surface area contributed by atoms with Crippen molar-refractivity contribution in [1.82, 2.24) is 4.90 Å². The summed E-state index contributed by atoms with van der Waals surface area (Å²) >= 11 is 0. The second kappa shape index (κ2) is 8.64. The van der Waals surface area contributed by atoms with Gasteiger partial charge in [0.1, 0.15) is 5.75 Å². The Hall–Kier alpha value is -2.77. The second-order valence-corrected chi connectivity index (χ2v) is 10.4. The van der Waals surface area contributed by atoms with Gasteiger partial charge in [-0.1, -0.05) is 24.3 Å². The van der Waals surface area contributed by atoms with Crippen molar-refractivity contribution in [2.75, 3.05) is 44.9 Å². The summed E-state index contributed by atoms with van der Waals surface area (Å²) in [6, 6.07) is 15.3. The lowest BCUT2D eigenvalue weighted by molar-refractivity contribution is 0.265. The van der Waals surface area contributed by atoms with Crippen LogP contribution in [0, 0.1) is 0 Å². The molecule has 32 heavy (non-hydrogen) atoms. The van der Waals surface area contributed by atoms with E-state index in [0.29, 0.717) is 17.1 Å². The van der Waals surface area contributed by atoms with Crippen molar-refractivity contribution in [2.45, 2.75) is 30.2 Å². The summed E-state index contributed by atoms with van der Waals surface area (Å²) in [4.78, 5) is 4.50. The van der Waals surface area contributed by atoms with Crippen LogP contribution < -0.4 is 14.4 Å². The highest BCUT2D eigenvalue weighted by Gasteiger charge is 2.27. The second-order valence-electron chi connectivity index (χ2n) is 8.76. The number of sulfonamides is 1. The summed E-state index contributed by atoms with van der Waals surface area (Å²) in [5.74, 6) is 0.815. The molecule has 0 amide bonds. The third-order valence-corrected chi connectivity index (χ3v) is 7.80. The van der Waals surface area contributed by atoms with Gasteiger partial charge in [-0.25, -0.2) is 8.42 Å². The van der Waals surface area contributed by atoms with E-state index in [1.807, 2.05) is 55.4 Å². The highest BCUT2D eigenvalue weighted by molar-refractivity contribution is 7.93. The average Bonchev–Trinajstić information content (AvgIpc) is 2.77. The van der Waals surface area contributed by atoms with Crippen LogP contribution in [0.2, 0.25) is 0 Å². The minimum atomic E-state index is -3.79. The highest BCUT2D eigenvalue weighted by Crippen LogP contribution is 2.37. The maximum absolute atomic E-state index is 13.5. The van der Waals surface area contributed by atoms with Crippen LogP contribution >= 0.6 is 0 Å². The molecule has 0 saturated carbocycles. The zero-order valence-corrected chi connectivity index (χ0v) is 20.2. The number of ether oxygens (including phenoxy) is 1. The Morgan fingerprint density at radius 3 is 2.34 bits per heavy atom. The van der Waals surface area contributed by atoms with Gasteiger partial charge >= 0.3 is 0 Å². The van der Waals surface area contributed by atoms with E-state index < -0.39 is 10.0 Å². The third-order valence-electron chi connectivity index (χ3n) is 6.38. The van der Waals surface area contributed by atoms with Gasteiger partial charge in [0.15, 0.2) is 0 Å². The smallest absolute Gasteiger partial charge is 0.262 e. The van der Waals surface area contributed by atoms with Crippen LogP contribution in [0.4, 0.5) is 11.4 Å². The predicted molar refractivity (Wildman–Crippen MR) is 132 cm³/mol. The monoisotopic (exact) mass is 453 g/mol. The zero-order chi connectivity index (χ0) is 23.0. The van der Waals surface area contributed by atoms with Crippen LogP contribution in [0.3, 0.4) is 0 Å². The summed E-state index contributed by atoms with van der Waals surface area (Å²) in [6.07, 6.45) is 2.61. The maximum atomic E-state index is 13.5. The van der Waals surface area contributed by atoms with Gasteiger partial charge in [0, 0.05) is 42.2 Å². The van der Waals surface area contributed by atoms with Crippen LogP contribution in [0.15, 0.2) is 53.4 Å². The number of benzene rings is 3. The predicted octanol–water partition coefficient (Wildman–Crippen LogP) is 4.13. The van der Waals surface area contributed by atoms with Crippen LogP contribution in [-0.4, -0.2) is 54.7 Å². The fraction of sp³-hybridized carbons (Fsp3) is 0.360. The highest BCUT2D eigenvalue weighted by atomic mass is 32.2. The Balaban J connectivity index is 1.77. The number of hydrogen-bond acceptors (Lipinski definition) is 5. The lowest BCUT2D eigenvalue weighted by Crippen LogP contribution is -2.34. The topological polar surface area (TPSA) is 61.9 Å². The molecule has 0 aromatic heterocycles. The minimum absolute atomic E-state index is 0.283. The Morgan fingerprint density at radius 2 is 1.66 bits per heavy atom. The maximum Gasteiger partial charge on any atom is 0.262 e. The normalized spacial score (nSPS) is 16.1. The van der Waals surface area contributed by atoms with Crippen molar-refractivity contribution in [3.8, 4) is 5.75 Å². The summed E-state index contributed by atoms with van der Waals surface area (Å²) < 4.78 is 35.6. The quantitative estimate of drug-likeness (QED) is 0.608. The van der Waals surface area contributed by atoms with E-state index in [0.717, 1.165) is 47.2 Å². The Kier molecular flexibility index (Phi) is 6.05. The molecule has 0 bridgehead atoms. The first-order chi connectivity index (χ1) is 15.2. The van der Waals surface area contributed by atoms with Crippen molar-refractivity contribution in [3.63, 3.8) is 0 Å². The molecule has 170 valence electrons. The lowest BCUT2D eigenvalue weighted by Gasteiger charge is -2.32. The van der Waals surface area contributed by atoms with Crippen molar-refractivity contribution < 1.29 is 13.2 Å². The van der Waals surface area contributed by atoms with E-state index in [1.54, 1.807) is 19.2 Å². The lowest BCUT2D eigenvalue weighted by atomic mass is 9.86. The Labute approximate surface area is 190 Å². The van der Waals surface area contributed by atoms with Gasteiger partial charge in [-0.3, -0.25) is 4.72 Å². The van der Waals surface area contributed by atoms with Gasteiger partial charge in [-0.2, -0.15) is 0 Å². The van der Waals surface area contributed by atoms with Crippen LogP contribution in [0.1, 0.15) is 17.5 Å². The van der Waals surface area contributed by atoms with Gasteiger partial charge in [0.2, 0.25) is 0 Å². The van der Waals surface area contributed by atoms with Gasteiger partial charge in [-0.15, -0.1) is 0 Å². The van der Waals surface area contributed by atoms with Crippen LogP contribution in [0.5, 0.6) is 5.75 Å². The number of nitrogens with one attached hydrogen (secondary N) is 1. The SMILES string of the molecule is COc1ccc(NS(=O)(=O)c2cccc3c(N(C)C)cccc23)c2c1CC(N(C)C)CC2. The molecule has 1 unspecified atom stereocenters. The number of anilines is 2. The van der Waals surface area contributed by atoms with Crippen molar-refractivity contribution in [2.24, 2.45) is 0 Å². The van der Waals surface area contributed by atoms with E-state index in [2.05, 4.69) is 23.7 Å². The standard InChI is InChI=1S/C25H31N3O3S/c1-27(2)17-12-13-18-21(16-17)24(31-5)15-14-22(18)26-32(29,30)25-11-7-8-19-20(25)9-6-10-23(19)28(3)4/h6-11,14-15,17,26H,12-13,16H2,1-5H3. The minimum Gasteiger partial charge on any atom is -0.496 e. The van der Waals surface area contributed by atoms with Crippen molar-refractivity contribution in [3.05, 3.63) is 59.7 Å². The number of nitrogens with zero attached hydrogens (tertiary/aromatic N) is 2. The first-order valence-electron chi connectivity index (χ1n) is 10.8. The number of likely N-dealkylation sites (N-methyl/N-ethyl adjacent to an activating group) is 1. The first kappa shape index (κ1) is 22.4. The molecular weight excluding hydrogens is 422 g/mol.